The van der Waals surface area contributed by atoms with E-state index in [1.54, 1.807) is 4.31 Å². The predicted molar refractivity (Wildman–Crippen MR) is 123 cm³/mol. The van der Waals surface area contributed by atoms with Crippen molar-refractivity contribution in [2.45, 2.75) is 46.6 Å². The Hall–Kier alpha value is -1.80. The summed E-state index contributed by atoms with van der Waals surface area (Å²) in [5.74, 6) is 2.59. The third kappa shape index (κ3) is 8.14. The third-order valence-corrected chi connectivity index (χ3v) is 6.51. The number of benzene rings is 1. The van der Waals surface area contributed by atoms with E-state index in [0.29, 0.717) is 38.1 Å². The van der Waals surface area contributed by atoms with Gasteiger partial charge < -0.3 is 15.4 Å². The largest absolute Gasteiger partial charge is 0.493 e. The van der Waals surface area contributed by atoms with Crippen LogP contribution in [-0.2, 0) is 10.0 Å². The fourth-order valence-corrected chi connectivity index (χ4v) is 4.24. The third-order valence-electron chi connectivity index (χ3n) is 5.21. The number of ether oxygens (including phenoxy) is 1. The molecule has 30 heavy (non-hydrogen) atoms. The molecule has 1 aliphatic rings. The number of hydrogen-bond donors (Lipinski definition) is 2. The van der Waals surface area contributed by atoms with E-state index in [-0.39, 0.29) is 6.04 Å². The second-order valence-electron chi connectivity index (χ2n) is 8.46. The minimum atomic E-state index is -3.08. The van der Waals surface area contributed by atoms with Crippen molar-refractivity contribution >= 4 is 16.0 Å². The van der Waals surface area contributed by atoms with E-state index < -0.39 is 10.0 Å². The molecule has 1 aromatic rings. The molecule has 1 heterocycles. The molecule has 1 atom stereocenters. The smallest absolute Gasteiger partial charge is 0.211 e. The highest BCUT2D eigenvalue weighted by Crippen LogP contribution is 2.20. The van der Waals surface area contributed by atoms with Crippen molar-refractivity contribution in [1.29, 1.82) is 0 Å². The lowest BCUT2D eigenvalue weighted by Gasteiger charge is -2.29. The first kappa shape index (κ1) is 24.5. The molecule has 0 saturated carbocycles. The summed E-state index contributed by atoms with van der Waals surface area (Å²) in [6.45, 7) is 11.8. The van der Waals surface area contributed by atoms with Crippen molar-refractivity contribution in [3.8, 4) is 5.75 Å². The zero-order valence-corrected chi connectivity index (χ0v) is 19.8. The molecule has 1 aromatic carbocycles. The molecule has 0 aromatic heterocycles. The zero-order chi connectivity index (χ0) is 22.1. The van der Waals surface area contributed by atoms with Gasteiger partial charge in [0.1, 0.15) is 5.75 Å². The second-order valence-corrected chi connectivity index (χ2v) is 10.4. The average Bonchev–Trinajstić information content (AvgIpc) is 2.70. The topological polar surface area (TPSA) is 83.0 Å². The van der Waals surface area contributed by atoms with Crippen LogP contribution in [0.3, 0.4) is 0 Å². The molecule has 2 N–H and O–H groups in total. The maximum Gasteiger partial charge on any atom is 0.211 e. The standard InChI is InChI=1S/C22H38N4O3S/c1-6-23-22(24-15-19-11-13-26(14-12-19)30(5,27)28)25-18(4)20-7-9-21(10-8-20)29-16-17(2)3/h7-10,17-19H,6,11-16H2,1-5H3,(H2,23,24,25). The van der Waals surface area contributed by atoms with Crippen LogP contribution in [0.2, 0.25) is 0 Å². The maximum absolute atomic E-state index is 11.7. The lowest BCUT2D eigenvalue weighted by Crippen LogP contribution is -2.40. The van der Waals surface area contributed by atoms with Crippen molar-refractivity contribution in [2.75, 3.05) is 39.0 Å². The molecule has 170 valence electrons. The zero-order valence-electron chi connectivity index (χ0n) is 19.0. The second kappa shape index (κ2) is 11.6. The lowest BCUT2D eigenvalue weighted by atomic mass is 9.98. The molecule has 1 saturated heterocycles. The van der Waals surface area contributed by atoms with E-state index in [1.807, 2.05) is 19.1 Å². The van der Waals surface area contributed by atoms with Gasteiger partial charge in [-0.05, 0) is 56.2 Å². The predicted octanol–water partition coefficient (Wildman–Crippen LogP) is 3.01. The quantitative estimate of drug-likeness (QED) is 0.457. The van der Waals surface area contributed by atoms with Gasteiger partial charge in [-0.15, -0.1) is 0 Å². The molecule has 0 aliphatic carbocycles. The van der Waals surface area contributed by atoms with Gasteiger partial charge in [0.05, 0.1) is 18.9 Å². The number of sulfonamides is 1. The monoisotopic (exact) mass is 438 g/mol. The van der Waals surface area contributed by atoms with Crippen LogP contribution >= 0.6 is 0 Å². The molecular formula is C22H38N4O3S. The lowest BCUT2D eigenvalue weighted by molar-refractivity contribution is 0.271. The normalized spacial score (nSPS) is 17.7. The number of guanidine groups is 1. The summed E-state index contributed by atoms with van der Waals surface area (Å²) in [5.41, 5.74) is 1.17. The summed E-state index contributed by atoms with van der Waals surface area (Å²) in [6, 6.07) is 8.29. The van der Waals surface area contributed by atoms with Gasteiger partial charge in [-0.2, -0.15) is 0 Å². The van der Waals surface area contributed by atoms with E-state index in [4.69, 9.17) is 9.73 Å². The Kier molecular flexibility index (Phi) is 9.42. The van der Waals surface area contributed by atoms with E-state index >= 15 is 0 Å². The first-order valence-corrected chi connectivity index (χ1v) is 12.8. The summed E-state index contributed by atoms with van der Waals surface area (Å²) >= 11 is 0. The molecule has 0 spiro atoms. The molecule has 0 radical (unpaired) electrons. The van der Waals surface area contributed by atoms with Crippen molar-refractivity contribution in [1.82, 2.24) is 14.9 Å². The Balaban J connectivity index is 1.89. The fourth-order valence-electron chi connectivity index (χ4n) is 3.37. The Labute approximate surface area is 182 Å². The first-order valence-electron chi connectivity index (χ1n) is 10.9. The minimum Gasteiger partial charge on any atom is -0.493 e. The molecule has 2 rings (SSSR count). The molecule has 1 unspecified atom stereocenters. The summed E-state index contributed by atoms with van der Waals surface area (Å²) < 4.78 is 30.6. The summed E-state index contributed by atoms with van der Waals surface area (Å²) in [5, 5.41) is 6.78. The summed E-state index contributed by atoms with van der Waals surface area (Å²) in [4.78, 5) is 4.76. The first-order chi connectivity index (χ1) is 14.2. The van der Waals surface area contributed by atoms with Crippen molar-refractivity contribution < 1.29 is 13.2 Å². The number of rotatable bonds is 9. The van der Waals surface area contributed by atoms with Crippen molar-refractivity contribution in [2.24, 2.45) is 16.8 Å². The summed E-state index contributed by atoms with van der Waals surface area (Å²) in [6.07, 6.45) is 2.98. The molecule has 0 amide bonds. The van der Waals surface area contributed by atoms with Crippen LogP contribution in [0.5, 0.6) is 5.75 Å². The number of nitrogens with zero attached hydrogens (tertiary/aromatic N) is 2. The Morgan fingerprint density at radius 1 is 1.20 bits per heavy atom. The van der Waals surface area contributed by atoms with Gasteiger partial charge in [0, 0.05) is 26.2 Å². The number of aliphatic imine (C=N–C) groups is 1. The van der Waals surface area contributed by atoms with Crippen LogP contribution < -0.4 is 15.4 Å². The number of nitrogens with one attached hydrogen (secondary N) is 2. The molecule has 1 fully saturated rings. The van der Waals surface area contributed by atoms with Gasteiger partial charge in [0.25, 0.3) is 0 Å². The van der Waals surface area contributed by atoms with Gasteiger partial charge in [-0.3, -0.25) is 4.99 Å². The number of hydrogen-bond acceptors (Lipinski definition) is 4. The van der Waals surface area contributed by atoms with E-state index in [1.165, 1.54) is 11.8 Å². The summed E-state index contributed by atoms with van der Waals surface area (Å²) in [7, 11) is -3.08. The van der Waals surface area contributed by atoms with Gasteiger partial charge in [-0.25, -0.2) is 12.7 Å². The molecule has 7 nitrogen and oxygen atoms in total. The minimum absolute atomic E-state index is 0.106. The Morgan fingerprint density at radius 3 is 2.37 bits per heavy atom. The maximum atomic E-state index is 11.7. The van der Waals surface area contributed by atoms with E-state index in [2.05, 4.69) is 43.5 Å². The average molecular weight is 439 g/mol. The fraction of sp³-hybridized carbons (Fsp3) is 0.682. The molecule has 0 bridgehead atoms. The van der Waals surface area contributed by atoms with Gasteiger partial charge >= 0.3 is 0 Å². The van der Waals surface area contributed by atoms with Crippen LogP contribution in [0, 0.1) is 11.8 Å². The van der Waals surface area contributed by atoms with Crippen LogP contribution in [0.15, 0.2) is 29.3 Å². The molecule has 1 aliphatic heterocycles. The Morgan fingerprint density at radius 2 is 1.83 bits per heavy atom. The highest BCUT2D eigenvalue weighted by Gasteiger charge is 2.24. The highest BCUT2D eigenvalue weighted by molar-refractivity contribution is 7.88. The highest BCUT2D eigenvalue weighted by atomic mass is 32.2. The van der Waals surface area contributed by atoms with Gasteiger partial charge in [-0.1, -0.05) is 26.0 Å². The number of piperidine rings is 1. The van der Waals surface area contributed by atoms with Crippen LogP contribution in [0.4, 0.5) is 0 Å². The van der Waals surface area contributed by atoms with E-state index in [9.17, 15) is 8.42 Å². The van der Waals surface area contributed by atoms with Crippen molar-refractivity contribution in [3.63, 3.8) is 0 Å². The van der Waals surface area contributed by atoms with Crippen LogP contribution in [0.1, 0.15) is 52.1 Å². The van der Waals surface area contributed by atoms with Gasteiger partial charge in [0.15, 0.2) is 5.96 Å². The van der Waals surface area contributed by atoms with Crippen LogP contribution in [-0.4, -0.2) is 57.7 Å². The van der Waals surface area contributed by atoms with Crippen molar-refractivity contribution in [3.05, 3.63) is 29.8 Å². The van der Waals surface area contributed by atoms with E-state index in [0.717, 1.165) is 31.1 Å². The SMILES string of the molecule is CCNC(=NCC1CCN(S(C)(=O)=O)CC1)NC(C)c1ccc(OCC(C)C)cc1. The Bertz CT molecular complexity index is 770. The van der Waals surface area contributed by atoms with Gasteiger partial charge in [0.2, 0.25) is 10.0 Å². The molecule has 8 heteroatoms. The molecular weight excluding hydrogens is 400 g/mol. The van der Waals surface area contributed by atoms with Crippen LogP contribution in [0.25, 0.3) is 0 Å².